The Morgan fingerprint density at radius 1 is 1.40 bits per heavy atom. The molecule has 4 nitrogen and oxygen atoms in total. The number of hydrogen-bond donors (Lipinski definition) is 0. The molecule has 104 valence electrons. The van der Waals surface area contributed by atoms with Crippen LogP contribution in [0.15, 0.2) is 23.0 Å². The third-order valence-electron chi connectivity index (χ3n) is 3.97. The summed E-state index contributed by atoms with van der Waals surface area (Å²) in [6.45, 7) is 2.69. The van der Waals surface area contributed by atoms with Crippen molar-refractivity contribution in [3.8, 4) is 0 Å². The molecule has 0 bridgehead atoms. The Balaban J connectivity index is 2.46. The quantitative estimate of drug-likeness (QED) is 0.805. The molecule has 0 fully saturated rings. The lowest BCUT2D eigenvalue weighted by molar-refractivity contribution is 0.0597. The normalized spacial score (nSPS) is 12.9. The van der Waals surface area contributed by atoms with Gasteiger partial charge in [-0.3, -0.25) is 4.79 Å². The van der Waals surface area contributed by atoms with Gasteiger partial charge in [-0.1, -0.05) is 31.5 Å². The van der Waals surface area contributed by atoms with Crippen molar-refractivity contribution >= 4 is 16.9 Å². The predicted octanol–water partition coefficient (Wildman–Crippen LogP) is 2.30. The molecule has 0 spiro atoms. The molecule has 4 heteroatoms. The Hall–Kier alpha value is -2.10. The van der Waals surface area contributed by atoms with E-state index in [9.17, 15) is 9.59 Å². The molecule has 0 aliphatic carbocycles. The third kappa shape index (κ3) is 1.68. The second-order valence-corrected chi connectivity index (χ2v) is 5.12. The van der Waals surface area contributed by atoms with Gasteiger partial charge in [-0.15, -0.1) is 0 Å². The average Bonchev–Trinajstić information content (AvgIpc) is 2.89. The highest BCUT2D eigenvalue weighted by atomic mass is 16.5. The fourth-order valence-electron chi connectivity index (χ4n) is 3.12. The van der Waals surface area contributed by atoms with Gasteiger partial charge >= 0.3 is 5.97 Å². The molecule has 0 radical (unpaired) electrons. The number of para-hydroxylation sites is 1. The first-order valence-corrected chi connectivity index (χ1v) is 6.94. The molecule has 1 aliphatic rings. The van der Waals surface area contributed by atoms with Crippen LogP contribution in [0.2, 0.25) is 0 Å². The predicted molar refractivity (Wildman–Crippen MR) is 77.2 cm³/mol. The molecule has 20 heavy (non-hydrogen) atoms. The van der Waals surface area contributed by atoms with Gasteiger partial charge in [-0.25, -0.2) is 4.79 Å². The van der Waals surface area contributed by atoms with E-state index in [1.807, 2.05) is 19.1 Å². The maximum absolute atomic E-state index is 12.6. The number of aryl methyl sites for hydroxylation is 3. The van der Waals surface area contributed by atoms with E-state index in [0.29, 0.717) is 13.0 Å². The van der Waals surface area contributed by atoms with E-state index in [2.05, 4.69) is 6.07 Å². The first-order chi connectivity index (χ1) is 9.69. The Kier molecular flexibility index (Phi) is 3.08. The summed E-state index contributed by atoms with van der Waals surface area (Å²) >= 11 is 0. The molecular formula is C16H17NO3. The molecule has 0 saturated heterocycles. The summed E-state index contributed by atoms with van der Waals surface area (Å²) in [5, 5.41) is 1.02. The van der Waals surface area contributed by atoms with Gasteiger partial charge in [0, 0.05) is 11.9 Å². The number of ether oxygens (including phenoxy) is 1. The van der Waals surface area contributed by atoms with Crippen molar-refractivity contribution in [2.75, 3.05) is 7.11 Å². The lowest BCUT2D eigenvalue weighted by atomic mass is 9.97. The van der Waals surface area contributed by atoms with E-state index in [1.54, 1.807) is 4.57 Å². The standard InChI is InChI=1S/C16H17NO3/c1-3-5-11-12-7-4-6-10-8-9-17(14(10)12)15(18)13(11)16(19)20-2/h4,6-7H,3,5,8-9H2,1-2H3. The van der Waals surface area contributed by atoms with Crippen LogP contribution < -0.4 is 5.56 Å². The van der Waals surface area contributed by atoms with Gasteiger partial charge < -0.3 is 9.30 Å². The summed E-state index contributed by atoms with van der Waals surface area (Å²) in [5.41, 5.74) is 3.01. The van der Waals surface area contributed by atoms with E-state index in [1.165, 1.54) is 12.7 Å². The highest BCUT2D eigenvalue weighted by Gasteiger charge is 2.25. The first-order valence-electron chi connectivity index (χ1n) is 6.94. The van der Waals surface area contributed by atoms with Gasteiger partial charge in [0.05, 0.1) is 12.6 Å². The van der Waals surface area contributed by atoms with Crippen LogP contribution in [0.1, 0.15) is 34.8 Å². The summed E-state index contributed by atoms with van der Waals surface area (Å²) < 4.78 is 6.54. The van der Waals surface area contributed by atoms with Gasteiger partial charge in [0.1, 0.15) is 5.56 Å². The van der Waals surface area contributed by atoms with E-state index in [4.69, 9.17) is 4.74 Å². The lowest BCUT2D eigenvalue weighted by Gasteiger charge is -2.13. The molecule has 2 heterocycles. The summed E-state index contributed by atoms with van der Waals surface area (Å²) in [5.74, 6) is -0.526. The second-order valence-electron chi connectivity index (χ2n) is 5.12. The van der Waals surface area contributed by atoms with Gasteiger partial charge in [-0.2, -0.15) is 0 Å². The number of pyridine rings is 1. The highest BCUT2D eigenvalue weighted by Crippen LogP contribution is 2.29. The van der Waals surface area contributed by atoms with E-state index < -0.39 is 5.97 Å². The Labute approximate surface area is 117 Å². The van der Waals surface area contributed by atoms with Crippen molar-refractivity contribution in [2.24, 2.45) is 0 Å². The number of esters is 1. The molecule has 0 amide bonds. The van der Waals surface area contributed by atoms with Crippen LogP contribution in [-0.2, 0) is 24.1 Å². The van der Waals surface area contributed by atoms with Crippen molar-refractivity contribution in [2.45, 2.75) is 32.7 Å². The molecular weight excluding hydrogens is 254 g/mol. The number of rotatable bonds is 3. The summed E-state index contributed by atoms with van der Waals surface area (Å²) in [4.78, 5) is 24.6. The molecule has 3 rings (SSSR count). The van der Waals surface area contributed by atoms with Crippen LogP contribution in [0, 0.1) is 0 Å². The van der Waals surface area contributed by atoms with Crippen LogP contribution in [0.3, 0.4) is 0 Å². The fraction of sp³-hybridized carbons (Fsp3) is 0.375. The van der Waals surface area contributed by atoms with E-state index in [0.717, 1.165) is 29.3 Å². The van der Waals surface area contributed by atoms with Gasteiger partial charge in [0.25, 0.3) is 5.56 Å². The maximum Gasteiger partial charge on any atom is 0.343 e. The minimum atomic E-state index is -0.526. The number of carbonyl (C=O) groups is 1. The van der Waals surface area contributed by atoms with Crippen LogP contribution in [0.4, 0.5) is 0 Å². The fourth-order valence-corrected chi connectivity index (χ4v) is 3.12. The minimum Gasteiger partial charge on any atom is -0.465 e. The Morgan fingerprint density at radius 3 is 2.90 bits per heavy atom. The van der Waals surface area contributed by atoms with E-state index >= 15 is 0 Å². The zero-order chi connectivity index (χ0) is 14.3. The molecule has 1 aromatic carbocycles. The smallest absolute Gasteiger partial charge is 0.343 e. The number of aromatic nitrogens is 1. The Bertz CT molecular complexity index is 758. The van der Waals surface area contributed by atoms with Crippen molar-refractivity contribution in [3.05, 3.63) is 45.2 Å². The van der Waals surface area contributed by atoms with Crippen LogP contribution >= 0.6 is 0 Å². The number of methoxy groups -OCH3 is 1. The second kappa shape index (κ2) is 4.78. The summed E-state index contributed by atoms with van der Waals surface area (Å²) in [6.07, 6.45) is 2.44. The lowest BCUT2D eigenvalue weighted by Crippen LogP contribution is -2.28. The number of hydrogen-bond acceptors (Lipinski definition) is 3. The summed E-state index contributed by atoms with van der Waals surface area (Å²) in [6, 6.07) is 6.05. The first kappa shape index (κ1) is 12.9. The highest BCUT2D eigenvalue weighted by molar-refractivity contribution is 5.98. The maximum atomic E-state index is 12.6. The zero-order valence-electron chi connectivity index (χ0n) is 11.7. The topological polar surface area (TPSA) is 48.3 Å². The third-order valence-corrected chi connectivity index (χ3v) is 3.97. The molecule has 2 aromatic rings. The average molecular weight is 271 g/mol. The van der Waals surface area contributed by atoms with Crippen LogP contribution in [0.5, 0.6) is 0 Å². The van der Waals surface area contributed by atoms with Gasteiger partial charge in [0.15, 0.2) is 0 Å². The van der Waals surface area contributed by atoms with Gasteiger partial charge in [-0.05, 0) is 24.0 Å². The monoisotopic (exact) mass is 271 g/mol. The molecule has 0 saturated carbocycles. The van der Waals surface area contributed by atoms with Crippen molar-refractivity contribution < 1.29 is 9.53 Å². The van der Waals surface area contributed by atoms with Crippen molar-refractivity contribution in [1.29, 1.82) is 0 Å². The van der Waals surface area contributed by atoms with E-state index in [-0.39, 0.29) is 11.1 Å². The molecule has 1 aliphatic heterocycles. The largest absolute Gasteiger partial charge is 0.465 e. The summed E-state index contributed by atoms with van der Waals surface area (Å²) in [7, 11) is 1.32. The molecule has 0 N–H and O–H groups in total. The molecule has 0 atom stereocenters. The number of nitrogens with zero attached hydrogens (tertiary/aromatic N) is 1. The van der Waals surface area contributed by atoms with Gasteiger partial charge in [0.2, 0.25) is 0 Å². The number of carbonyl (C=O) groups excluding carboxylic acids is 1. The minimum absolute atomic E-state index is 0.209. The number of benzene rings is 1. The van der Waals surface area contributed by atoms with Crippen LogP contribution in [-0.4, -0.2) is 17.6 Å². The van der Waals surface area contributed by atoms with Crippen molar-refractivity contribution in [3.63, 3.8) is 0 Å². The zero-order valence-corrected chi connectivity index (χ0v) is 11.7. The van der Waals surface area contributed by atoms with Crippen LogP contribution in [0.25, 0.3) is 10.9 Å². The molecule has 0 unspecified atom stereocenters. The van der Waals surface area contributed by atoms with Crippen molar-refractivity contribution in [1.82, 2.24) is 4.57 Å². The Morgan fingerprint density at radius 2 is 2.20 bits per heavy atom. The SMILES string of the molecule is CCCc1c(C(=O)OC)c(=O)n2c3c(cccc13)CC2. The molecule has 1 aromatic heterocycles.